The molecule has 0 heterocycles. The Balaban J connectivity index is 3.36. The molecule has 0 aliphatic carbocycles. The zero-order valence-electron chi connectivity index (χ0n) is 11.3. The number of nitrogens with one attached hydrogen (secondary N) is 1. The Bertz CT molecular complexity index is 164. The van der Waals surface area contributed by atoms with Gasteiger partial charge in [0.05, 0.1) is 0 Å². The molecular weight excluding hydrogens is 198 g/mol. The molecule has 0 atom stereocenters. The molecule has 0 radical (unpaired) electrons. The summed E-state index contributed by atoms with van der Waals surface area (Å²) in [6.45, 7) is 7.50. The second kappa shape index (κ2) is 11.0. The summed E-state index contributed by atoms with van der Waals surface area (Å²) in [7, 11) is 0. The van der Waals surface area contributed by atoms with Gasteiger partial charge in [-0.05, 0) is 18.8 Å². The topological polar surface area (TPSA) is 29.1 Å². The van der Waals surface area contributed by atoms with Gasteiger partial charge < -0.3 is 5.32 Å². The molecule has 0 aromatic heterocycles. The molecule has 0 aromatic carbocycles. The van der Waals surface area contributed by atoms with E-state index in [9.17, 15) is 4.79 Å². The first-order valence-corrected chi connectivity index (χ1v) is 7.01. The van der Waals surface area contributed by atoms with Crippen LogP contribution in [0.25, 0.3) is 0 Å². The lowest BCUT2D eigenvalue weighted by Gasteiger charge is -2.12. The van der Waals surface area contributed by atoms with Gasteiger partial charge in [-0.15, -0.1) is 0 Å². The lowest BCUT2D eigenvalue weighted by Crippen LogP contribution is -2.25. The highest BCUT2D eigenvalue weighted by atomic mass is 16.1. The fourth-order valence-electron chi connectivity index (χ4n) is 1.91. The van der Waals surface area contributed by atoms with Crippen molar-refractivity contribution in [2.75, 3.05) is 6.54 Å². The molecule has 0 rings (SSSR count). The number of hydrogen-bond acceptors (Lipinski definition) is 1. The van der Waals surface area contributed by atoms with Gasteiger partial charge in [-0.2, -0.15) is 0 Å². The van der Waals surface area contributed by atoms with Gasteiger partial charge in [-0.3, -0.25) is 4.79 Å². The molecule has 96 valence electrons. The maximum Gasteiger partial charge on any atom is 0.219 e. The zero-order valence-corrected chi connectivity index (χ0v) is 11.3. The molecule has 1 amide bonds. The smallest absolute Gasteiger partial charge is 0.219 e. The molecule has 2 nitrogen and oxygen atoms in total. The van der Waals surface area contributed by atoms with Gasteiger partial charge in [-0.25, -0.2) is 0 Å². The average molecular weight is 227 g/mol. The van der Waals surface area contributed by atoms with E-state index in [0.29, 0.717) is 6.42 Å². The number of unbranched alkanes of at least 4 members (excludes halogenated alkanes) is 3. The van der Waals surface area contributed by atoms with Crippen LogP contribution in [0.4, 0.5) is 0 Å². The predicted molar refractivity (Wildman–Crippen MR) is 70.5 cm³/mol. The van der Waals surface area contributed by atoms with E-state index in [1.54, 1.807) is 0 Å². The Hall–Kier alpha value is -0.530. The highest BCUT2D eigenvalue weighted by molar-refractivity contribution is 5.75. The first-order valence-electron chi connectivity index (χ1n) is 7.01. The molecular formula is C14H29NO. The van der Waals surface area contributed by atoms with E-state index >= 15 is 0 Å². The van der Waals surface area contributed by atoms with Gasteiger partial charge in [0.1, 0.15) is 0 Å². The molecule has 2 heteroatoms. The van der Waals surface area contributed by atoms with Crippen molar-refractivity contribution in [2.45, 2.75) is 72.1 Å². The quantitative estimate of drug-likeness (QED) is 0.563. The normalized spacial score (nSPS) is 10.8. The van der Waals surface area contributed by atoms with Gasteiger partial charge in [0.15, 0.2) is 0 Å². The first-order chi connectivity index (χ1) is 7.74. The van der Waals surface area contributed by atoms with Crippen molar-refractivity contribution in [3.05, 3.63) is 0 Å². The summed E-state index contributed by atoms with van der Waals surface area (Å²) in [5.74, 6) is 1.02. The van der Waals surface area contributed by atoms with Crippen molar-refractivity contribution >= 4 is 5.91 Å². The van der Waals surface area contributed by atoms with Crippen molar-refractivity contribution in [1.29, 1.82) is 0 Å². The van der Waals surface area contributed by atoms with Gasteiger partial charge in [-0.1, -0.05) is 52.9 Å². The maximum absolute atomic E-state index is 11.5. The van der Waals surface area contributed by atoms with E-state index in [-0.39, 0.29) is 5.91 Å². The van der Waals surface area contributed by atoms with E-state index < -0.39 is 0 Å². The molecule has 0 aliphatic heterocycles. The highest BCUT2D eigenvalue weighted by Gasteiger charge is 2.04. The minimum absolute atomic E-state index is 0.238. The Morgan fingerprint density at radius 2 is 1.75 bits per heavy atom. The molecule has 0 aromatic rings. The second-order valence-corrected chi connectivity index (χ2v) is 4.63. The Labute approximate surface area is 101 Å². The Kier molecular flexibility index (Phi) is 10.6. The second-order valence-electron chi connectivity index (χ2n) is 4.63. The summed E-state index contributed by atoms with van der Waals surface area (Å²) in [6.07, 6.45) is 9.01. The lowest BCUT2D eigenvalue weighted by molar-refractivity contribution is -0.121. The number of carbonyl (C=O) groups is 1. The molecule has 0 bridgehead atoms. The third kappa shape index (κ3) is 8.75. The van der Waals surface area contributed by atoms with E-state index in [1.165, 1.54) is 32.1 Å². The Morgan fingerprint density at radius 3 is 2.31 bits per heavy atom. The number of rotatable bonds is 10. The maximum atomic E-state index is 11.5. The summed E-state index contributed by atoms with van der Waals surface area (Å²) in [5, 5.41) is 3.02. The van der Waals surface area contributed by atoms with Gasteiger partial charge in [0.2, 0.25) is 5.91 Å². The first kappa shape index (κ1) is 15.5. The summed E-state index contributed by atoms with van der Waals surface area (Å²) >= 11 is 0. The number of carbonyl (C=O) groups excluding carboxylic acids is 1. The minimum Gasteiger partial charge on any atom is -0.356 e. The van der Waals surface area contributed by atoms with Crippen LogP contribution in [-0.4, -0.2) is 12.5 Å². The Morgan fingerprint density at radius 1 is 1.06 bits per heavy atom. The molecule has 1 N–H and O–H groups in total. The van der Waals surface area contributed by atoms with Crippen LogP contribution in [0.2, 0.25) is 0 Å². The van der Waals surface area contributed by atoms with Crippen LogP contribution in [0, 0.1) is 5.92 Å². The van der Waals surface area contributed by atoms with E-state index in [2.05, 4.69) is 26.1 Å². The predicted octanol–water partition coefficient (Wildman–Crippen LogP) is 3.90. The van der Waals surface area contributed by atoms with E-state index in [1.807, 2.05) is 0 Å². The highest BCUT2D eigenvalue weighted by Crippen LogP contribution is 2.11. The fourth-order valence-corrected chi connectivity index (χ4v) is 1.91. The molecule has 0 unspecified atom stereocenters. The molecule has 0 aliphatic rings. The third-order valence-electron chi connectivity index (χ3n) is 3.29. The van der Waals surface area contributed by atoms with E-state index in [4.69, 9.17) is 0 Å². The third-order valence-corrected chi connectivity index (χ3v) is 3.29. The zero-order chi connectivity index (χ0) is 12.2. The average Bonchev–Trinajstić information content (AvgIpc) is 2.30. The van der Waals surface area contributed by atoms with Crippen molar-refractivity contribution < 1.29 is 4.79 Å². The summed E-state index contributed by atoms with van der Waals surface area (Å²) in [4.78, 5) is 11.5. The molecule has 0 saturated carbocycles. The molecule has 0 spiro atoms. The minimum atomic E-state index is 0.238. The fraction of sp³-hybridized carbons (Fsp3) is 0.929. The molecule has 0 fully saturated rings. The van der Waals surface area contributed by atoms with Crippen LogP contribution in [0.5, 0.6) is 0 Å². The number of amides is 1. The van der Waals surface area contributed by atoms with Crippen LogP contribution < -0.4 is 5.32 Å². The summed E-state index contributed by atoms with van der Waals surface area (Å²) in [6, 6.07) is 0. The lowest BCUT2D eigenvalue weighted by atomic mass is 10.00. The summed E-state index contributed by atoms with van der Waals surface area (Å²) in [5.41, 5.74) is 0. The van der Waals surface area contributed by atoms with Gasteiger partial charge >= 0.3 is 0 Å². The molecule has 0 saturated heterocycles. The van der Waals surface area contributed by atoms with Crippen molar-refractivity contribution in [1.82, 2.24) is 5.32 Å². The summed E-state index contributed by atoms with van der Waals surface area (Å²) < 4.78 is 0. The SMILES string of the molecule is CCCCCCC(=O)NCCC(CC)CC. The monoisotopic (exact) mass is 227 g/mol. The van der Waals surface area contributed by atoms with Crippen molar-refractivity contribution in [3.63, 3.8) is 0 Å². The standard InChI is InChI=1S/C14H29NO/c1-4-7-8-9-10-14(16)15-12-11-13(5-2)6-3/h13H,4-12H2,1-3H3,(H,15,16). The van der Waals surface area contributed by atoms with Crippen LogP contribution in [-0.2, 0) is 4.79 Å². The van der Waals surface area contributed by atoms with Crippen LogP contribution >= 0.6 is 0 Å². The van der Waals surface area contributed by atoms with Crippen LogP contribution in [0.1, 0.15) is 72.1 Å². The van der Waals surface area contributed by atoms with Gasteiger partial charge in [0, 0.05) is 13.0 Å². The van der Waals surface area contributed by atoms with Crippen molar-refractivity contribution in [2.24, 2.45) is 5.92 Å². The van der Waals surface area contributed by atoms with Crippen LogP contribution in [0.3, 0.4) is 0 Å². The van der Waals surface area contributed by atoms with Gasteiger partial charge in [0.25, 0.3) is 0 Å². The number of hydrogen-bond donors (Lipinski definition) is 1. The van der Waals surface area contributed by atoms with E-state index in [0.717, 1.165) is 25.3 Å². The molecule has 16 heavy (non-hydrogen) atoms. The van der Waals surface area contributed by atoms with Crippen LogP contribution in [0.15, 0.2) is 0 Å². The van der Waals surface area contributed by atoms with Crippen molar-refractivity contribution in [3.8, 4) is 0 Å². The largest absolute Gasteiger partial charge is 0.356 e.